The van der Waals surface area contributed by atoms with Gasteiger partial charge in [0.1, 0.15) is 0 Å². The lowest BCUT2D eigenvalue weighted by Gasteiger charge is -2.23. The van der Waals surface area contributed by atoms with Gasteiger partial charge in [-0.15, -0.1) is 0 Å². The summed E-state index contributed by atoms with van der Waals surface area (Å²) in [6.45, 7) is 0.154. The van der Waals surface area contributed by atoms with Gasteiger partial charge in [0.05, 0.1) is 6.61 Å². The van der Waals surface area contributed by atoms with Gasteiger partial charge in [-0.05, 0) is 58.5 Å². The summed E-state index contributed by atoms with van der Waals surface area (Å²) in [4.78, 5) is 0. The zero-order chi connectivity index (χ0) is 10.7. The average Bonchev–Trinajstić information content (AvgIpc) is 2.30. The third-order valence-electron chi connectivity index (χ3n) is 3.29. The third-order valence-corrected chi connectivity index (χ3v) is 4.23. The topological polar surface area (TPSA) is 20.2 Å². The van der Waals surface area contributed by atoms with Gasteiger partial charge in [0.25, 0.3) is 0 Å². The first-order chi connectivity index (χ1) is 7.31. The van der Waals surface area contributed by atoms with E-state index in [4.69, 9.17) is 5.11 Å². The molecule has 1 aromatic rings. The Bertz CT molecular complexity index is 329. The Kier molecular flexibility index (Phi) is 4.03. The van der Waals surface area contributed by atoms with Gasteiger partial charge in [-0.25, -0.2) is 0 Å². The van der Waals surface area contributed by atoms with Crippen molar-refractivity contribution in [1.29, 1.82) is 0 Å². The van der Waals surface area contributed by atoms with Crippen molar-refractivity contribution in [3.05, 3.63) is 32.9 Å². The molecule has 0 unspecified atom stereocenters. The van der Waals surface area contributed by atoms with Gasteiger partial charge in [0.15, 0.2) is 0 Å². The molecule has 1 nitrogen and oxygen atoms in total. The first-order valence-electron chi connectivity index (χ1n) is 5.70. The number of hydrogen-bond donors (Lipinski definition) is 1. The van der Waals surface area contributed by atoms with Crippen molar-refractivity contribution in [2.45, 2.75) is 44.6 Å². The first-order valence-corrected chi connectivity index (χ1v) is 6.78. The fourth-order valence-corrected chi connectivity index (χ4v) is 3.43. The van der Waals surface area contributed by atoms with Crippen LogP contribution in [0.4, 0.5) is 0 Å². The van der Waals surface area contributed by atoms with Gasteiger partial charge in [0.2, 0.25) is 0 Å². The summed E-state index contributed by atoms with van der Waals surface area (Å²) in [6, 6.07) is 6.39. The van der Waals surface area contributed by atoms with Crippen LogP contribution in [0.25, 0.3) is 0 Å². The summed E-state index contributed by atoms with van der Waals surface area (Å²) in [5.41, 5.74) is 2.52. The molecule has 0 saturated heterocycles. The van der Waals surface area contributed by atoms with Crippen LogP contribution in [0.5, 0.6) is 0 Å². The van der Waals surface area contributed by atoms with Crippen LogP contribution in [0, 0.1) is 3.57 Å². The minimum atomic E-state index is 0.154. The number of hydrogen-bond acceptors (Lipinski definition) is 1. The van der Waals surface area contributed by atoms with Crippen LogP contribution in [-0.4, -0.2) is 5.11 Å². The number of aliphatic hydroxyl groups excluding tert-OH is 1. The van der Waals surface area contributed by atoms with Crippen molar-refractivity contribution in [3.63, 3.8) is 0 Å². The Labute approximate surface area is 105 Å². The van der Waals surface area contributed by atoms with Crippen molar-refractivity contribution in [1.82, 2.24) is 0 Å². The fraction of sp³-hybridized carbons (Fsp3) is 0.538. The lowest BCUT2D eigenvalue weighted by Crippen LogP contribution is -2.06. The monoisotopic (exact) mass is 316 g/mol. The number of halogens is 1. The van der Waals surface area contributed by atoms with E-state index in [2.05, 4.69) is 40.8 Å². The third kappa shape index (κ3) is 2.72. The van der Waals surface area contributed by atoms with Crippen molar-refractivity contribution in [2.75, 3.05) is 0 Å². The number of aliphatic hydroxyl groups is 1. The van der Waals surface area contributed by atoms with E-state index in [0.717, 1.165) is 11.5 Å². The second-order valence-corrected chi connectivity index (χ2v) is 5.51. The van der Waals surface area contributed by atoms with Gasteiger partial charge in [-0.2, -0.15) is 0 Å². The maximum atomic E-state index is 9.06. The van der Waals surface area contributed by atoms with Gasteiger partial charge in [-0.1, -0.05) is 31.4 Å². The molecule has 82 valence electrons. The van der Waals surface area contributed by atoms with E-state index in [-0.39, 0.29) is 6.61 Å². The molecule has 0 heterocycles. The van der Waals surface area contributed by atoms with Crippen LogP contribution in [0.2, 0.25) is 0 Å². The molecular formula is C13H17IO. The Balaban J connectivity index is 2.19. The highest BCUT2D eigenvalue weighted by Crippen LogP contribution is 2.35. The molecule has 1 N–H and O–H groups in total. The highest BCUT2D eigenvalue weighted by molar-refractivity contribution is 14.1. The van der Waals surface area contributed by atoms with E-state index in [0.29, 0.717) is 0 Å². The molecule has 1 fully saturated rings. The Morgan fingerprint density at radius 3 is 2.53 bits per heavy atom. The highest BCUT2D eigenvalue weighted by Gasteiger charge is 2.17. The molecule has 0 radical (unpaired) electrons. The average molecular weight is 316 g/mol. The smallest absolute Gasteiger partial charge is 0.0682 e. The molecule has 0 amide bonds. The molecule has 1 saturated carbocycles. The van der Waals surface area contributed by atoms with E-state index >= 15 is 0 Å². The molecule has 1 aliphatic rings. The molecule has 0 bridgehead atoms. The van der Waals surface area contributed by atoms with E-state index in [1.807, 2.05) is 0 Å². The molecule has 1 aromatic carbocycles. The van der Waals surface area contributed by atoms with Gasteiger partial charge >= 0.3 is 0 Å². The predicted molar refractivity (Wildman–Crippen MR) is 70.9 cm³/mol. The van der Waals surface area contributed by atoms with Crippen LogP contribution in [-0.2, 0) is 6.61 Å². The Hall–Kier alpha value is -0.0900. The molecule has 0 aromatic heterocycles. The first kappa shape index (κ1) is 11.4. The summed E-state index contributed by atoms with van der Waals surface area (Å²) in [5.74, 6) is 0.762. The van der Waals surface area contributed by atoms with Crippen LogP contribution >= 0.6 is 22.6 Å². The number of rotatable bonds is 2. The molecule has 1 aliphatic carbocycles. The second-order valence-electron chi connectivity index (χ2n) is 4.35. The Morgan fingerprint density at radius 1 is 1.20 bits per heavy atom. The van der Waals surface area contributed by atoms with E-state index in [1.165, 1.54) is 41.2 Å². The molecular weight excluding hydrogens is 299 g/mol. The molecule has 0 spiro atoms. The normalized spacial score (nSPS) is 18.0. The summed E-state index contributed by atoms with van der Waals surface area (Å²) in [5, 5.41) is 9.06. The molecule has 2 rings (SSSR count). The standard InChI is InChI=1S/C13H17IO/c14-13-8-10(9-15)6-7-12(13)11-4-2-1-3-5-11/h6-8,11,15H,1-5,9H2. The largest absolute Gasteiger partial charge is 0.392 e. The van der Waals surface area contributed by atoms with Crippen molar-refractivity contribution in [3.8, 4) is 0 Å². The maximum Gasteiger partial charge on any atom is 0.0682 e. The summed E-state index contributed by atoms with van der Waals surface area (Å²) >= 11 is 2.40. The molecule has 0 atom stereocenters. The van der Waals surface area contributed by atoms with Crippen molar-refractivity contribution < 1.29 is 5.11 Å². The SMILES string of the molecule is OCc1ccc(C2CCCCC2)c(I)c1. The minimum absolute atomic E-state index is 0.154. The maximum absolute atomic E-state index is 9.06. The van der Waals surface area contributed by atoms with E-state index < -0.39 is 0 Å². The van der Waals surface area contributed by atoms with Gasteiger partial charge in [0, 0.05) is 3.57 Å². The predicted octanol–water partition coefficient (Wildman–Crippen LogP) is 3.83. The summed E-state index contributed by atoms with van der Waals surface area (Å²) < 4.78 is 1.33. The number of benzene rings is 1. The van der Waals surface area contributed by atoms with Crippen molar-refractivity contribution in [2.24, 2.45) is 0 Å². The van der Waals surface area contributed by atoms with Gasteiger partial charge < -0.3 is 5.11 Å². The minimum Gasteiger partial charge on any atom is -0.392 e. The molecule has 2 heteroatoms. The second kappa shape index (κ2) is 5.30. The van der Waals surface area contributed by atoms with Gasteiger partial charge in [-0.3, -0.25) is 0 Å². The highest BCUT2D eigenvalue weighted by atomic mass is 127. The molecule has 0 aliphatic heterocycles. The van der Waals surface area contributed by atoms with Crippen LogP contribution in [0.1, 0.15) is 49.1 Å². The lowest BCUT2D eigenvalue weighted by molar-refractivity contribution is 0.281. The zero-order valence-corrected chi connectivity index (χ0v) is 11.0. The summed E-state index contributed by atoms with van der Waals surface area (Å²) in [6.07, 6.45) is 6.84. The quantitative estimate of drug-likeness (QED) is 0.822. The van der Waals surface area contributed by atoms with E-state index in [9.17, 15) is 0 Å². The zero-order valence-electron chi connectivity index (χ0n) is 8.88. The van der Waals surface area contributed by atoms with E-state index in [1.54, 1.807) is 0 Å². The van der Waals surface area contributed by atoms with Crippen LogP contribution in [0.15, 0.2) is 18.2 Å². The van der Waals surface area contributed by atoms with Crippen LogP contribution < -0.4 is 0 Å². The lowest BCUT2D eigenvalue weighted by atomic mass is 9.84. The molecule has 15 heavy (non-hydrogen) atoms. The fourth-order valence-electron chi connectivity index (χ4n) is 2.41. The van der Waals surface area contributed by atoms with Crippen LogP contribution in [0.3, 0.4) is 0 Å². The van der Waals surface area contributed by atoms with Crippen molar-refractivity contribution >= 4 is 22.6 Å². The summed E-state index contributed by atoms with van der Waals surface area (Å²) in [7, 11) is 0. The Morgan fingerprint density at radius 2 is 1.93 bits per heavy atom.